The van der Waals surface area contributed by atoms with Crippen molar-refractivity contribution in [1.29, 1.82) is 0 Å². The van der Waals surface area contributed by atoms with Gasteiger partial charge in [0.25, 0.3) is 0 Å². The number of alkyl carbamates (subject to hydrolysis) is 1. The number of rotatable bonds is 12. The summed E-state index contributed by atoms with van der Waals surface area (Å²) in [5, 5.41) is 2.23. The maximum Gasteiger partial charge on any atom is 0.407 e. The Hall–Kier alpha value is -3.59. The minimum atomic E-state index is -3.79. The third-order valence-corrected chi connectivity index (χ3v) is 15.0. The summed E-state index contributed by atoms with van der Waals surface area (Å²) in [4.78, 5) is 32.9. The fourth-order valence-corrected chi connectivity index (χ4v) is 11.6. The van der Waals surface area contributed by atoms with Gasteiger partial charge in [-0.15, -0.1) is 0 Å². The molecule has 4 saturated heterocycles. The van der Waals surface area contributed by atoms with E-state index in [2.05, 4.69) is 27.8 Å². The van der Waals surface area contributed by atoms with E-state index in [4.69, 9.17) is 9.47 Å². The van der Waals surface area contributed by atoms with Gasteiger partial charge in [0.05, 0.1) is 38.3 Å². The van der Waals surface area contributed by atoms with E-state index < -0.39 is 26.8 Å². The van der Waals surface area contributed by atoms with Crippen LogP contribution in [0.25, 0.3) is 0 Å². The van der Waals surface area contributed by atoms with Crippen LogP contribution in [0.1, 0.15) is 44.1 Å². The number of halogens is 2. The molecule has 1 saturated carbocycles. The third kappa shape index (κ3) is 8.29. The van der Waals surface area contributed by atoms with E-state index in [-0.39, 0.29) is 72.8 Å². The largest absolute Gasteiger partial charge is 0.453 e. The molecule has 2 aromatic carbocycles. The highest BCUT2D eigenvalue weighted by Crippen LogP contribution is 2.51. The van der Waals surface area contributed by atoms with Crippen LogP contribution in [0, 0.1) is 17.7 Å². The lowest BCUT2D eigenvalue weighted by Gasteiger charge is -2.54. The number of likely N-dealkylation sites (tertiary alicyclic amines) is 2. The van der Waals surface area contributed by atoms with Gasteiger partial charge in [-0.2, -0.15) is 0 Å². The Bertz CT molecular complexity index is 1800. The van der Waals surface area contributed by atoms with Crippen LogP contribution in [0.15, 0.2) is 66.1 Å². The van der Waals surface area contributed by atoms with Crippen LogP contribution >= 0.6 is 0 Å². The van der Waals surface area contributed by atoms with Crippen molar-refractivity contribution in [1.82, 2.24) is 20.0 Å². The number of alkyl halides is 1. The number of carbonyl (C=O) groups excluding carboxylic acids is 2. The second kappa shape index (κ2) is 16.5. The van der Waals surface area contributed by atoms with E-state index in [1.807, 2.05) is 4.90 Å². The molecule has 7 rings (SSSR count). The molecule has 1 N–H and O–H groups in total. The Morgan fingerprint density at radius 1 is 1.02 bits per heavy atom. The quantitative estimate of drug-likeness (QED) is 0.313. The zero-order valence-corrected chi connectivity index (χ0v) is 32.7. The number of amides is 2. The van der Waals surface area contributed by atoms with E-state index in [1.54, 1.807) is 36.4 Å². The van der Waals surface area contributed by atoms with Crippen LogP contribution < -0.4 is 10.2 Å². The molecule has 14 heteroatoms. The third-order valence-electron chi connectivity index (χ3n) is 12.9. The summed E-state index contributed by atoms with van der Waals surface area (Å²) in [5.41, 5.74) is -0.0505. The number of hydrogen-bond donors (Lipinski definition) is 1. The van der Waals surface area contributed by atoms with Gasteiger partial charge in [0.15, 0.2) is 15.5 Å². The number of benzene rings is 2. The smallest absolute Gasteiger partial charge is 0.407 e. The van der Waals surface area contributed by atoms with Gasteiger partial charge < -0.3 is 29.5 Å². The van der Waals surface area contributed by atoms with E-state index in [0.717, 1.165) is 82.5 Å². The minimum absolute atomic E-state index is 0.00328. The van der Waals surface area contributed by atoms with Gasteiger partial charge in [-0.25, -0.2) is 22.0 Å². The average molecular weight is 784 g/mol. The summed E-state index contributed by atoms with van der Waals surface area (Å²) < 4.78 is 68.9. The number of sulfone groups is 1. The first-order valence-corrected chi connectivity index (χ1v) is 21.3. The van der Waals surface area contributed by atoms with Crippen molar-refractivity contribution in [2.45, 2.75) is 65.8 Å². The Labute approximate surface area is 323 Å². The van der Waals surface area contributed by atoms with Gasteiger partial charge in [0.1, 0.15) is 11.1 Å². The second-order valence-electron chi connectivity index (χ2n) is 16.2. The lowest BCUT2D eigenvalue weighted by Crippen LogP contribution is -2.65. The SMILES string of the molecule is C=CC(=O)N1CCOC[C@@H](S(=O)(=O)c2ccc(N3CC(F)(CN4CCC([C@@](CN5CCC5)(c5cccc(F)c5)[C@H]5CCC[C@@H]5NC(=O)OC)CC4)C3)cc2)C1. The Balaban J connectivity index is 1.00. The number of methoxy groups -OCH3 is 1. The fourth-order valence-electron chi connectivity index (χ4n) is 10.0. The maximum absolute atomic E-state index is 16.3. The Morgan fingerprint density at radius 3 is 2.42 bits per heavy atom. The molecule has 0 spiro atoms. The molecular formula is C41H55F2N5O6S. The number of nitrogens with zero attached hydrogens (tertiary/aromatic N) is 4. The van der Waals surface area contributed by atoms with E-state index in [1.165, 1.54) is 24.2 Å². The molecule has 0 aromatic heterocycles. The molecule has 4 aliphatic heterocycles. The van der Waals surface area contributed by atoms with E-state index in [0.29, 0.717) is 13.1 Å². The summed E-state index contributed by atoms with van der Waals surface area (Å²) in [7, 11) is -2.40. The van der Waals surface area contributed by atoms with Crippen molar-refractivity contribution in [2.24, 2.45) is 11.8 Å². The van der Waals surface area contributed by atoms with E-state index >= 15 is 8.78 Å². The van der Waals surface area contributed by atoms with Crippen molar-refractivity contribution in [3.8, 4) is 0 Å². The van der Waals surface area contributed by atoms with E-state index in [9.17, 15) is 18.0 Å². The zero-order valence-electron chi connectivity index (χ0n) is 31.8. The molecule has 0 unspecified atom stereocenters. The standard InChI is InChI=1S/C41H55F2N5O6S/c1-3-38(49)47-21-22-54-25-35(24-47)55(51,52)34-13-11-33(12-14-34)48-27-40(43,28-48)26-46-19-15-30(16-20-46)41(29-45-17-6-18-45,31-7-4-8-32(42)23-31)36-9-5-10-37(36)44-39(50)53-2/h3-4,7-8,11-14,23,30,35-37H,1,5-6,9-10,15-22,24-29H2,2H3,(H,44,50)/t35-,36-,37-,41-/m0/s1. The zero-order chi connectivity index (χ0) is 38.8. The van der Waals surface area contributed by atoms with Crippen LogP contribution in [0.2, 0.25) is 0 Å². The average Bonchev–Trinajstić information content (AvgIpc) is 3.46. The molecule has 2 amide bonds. The molecule has 5 aliphatic rings. The number of carbonyl (C=O) groups is 2. The highest BCUT2D eigenvalue weighted by atomic mass is 32.2. The highest BCUT2D eigenvalue weighted by Gasteiger charge is 2.54. The first-order chi connectivity index (χ1) is 26.4. The van der Waals surface area contributed by atoms with Gasteiger partial charge >= 0.3 is 6.09 Å². The molecule has 5 fully saturated rings. The van der Waals surface area contributed by atoms with Crippen molar-refractivity contribution in [2.75, 3.05) is 90.7 Å². The predicted molar refractivity (Wildman–Crippen MR) is 206 cm³/mol. The van der Waals surface area contributed by atoms with Crippen molar-refractivity contribution in [3.05, 3.63) is 72.6 Å². The first-order valence-electron chi connectivity index (χ1n) is 19.8. The summed E-state index contributed by atoms with van der Waals surface area (Å²) in [6, 6.07) is 13.5. The molecule has 2 aromatic rings. The number of ether oxygens (including phenoxy) is 2. The Morgan fingerprint density at radius 2 is 1.76 bits per heavy atom. The summed E-state index contributed by atoms with van der Waals surface area (Å²) in [6.07, 6.45) is 6.31. The van der Waals surface area contributed by atoms with Crippen LogP contribution in [-0.4, -0.2) is 138 Å². The van der Waals surface area contributed by atoms with Crippen molar-refractivity contribution in [3.63, 3.8) is 0 Å². The molecule has 300 valence electrons. The lowest BCUT2D eigenvalue weighted by molar-refractivity contribution is -0.126. The van der Waals surface area contributed by atoms with Gasteiger partial charge in [-0.05, 0) is 118 Å². The number of piperidine rings is 1. The molecule has 0 bridgehead atoms. The van der Waals surface area contributed by atoms with Gasteiger partial charge in [-0.3, -0.25) is 9.69 Å². The first kappa shape index (κ1) is 39.6. The number of anilines is 1. The summed E-state index contributed by atoms with van der Waals surface area (Å²) in [5.74, 6) is -0.263. The topological polar surface area (TPSA) is 112 Å². The Kier molecular flexibility index (Phi) is 11.9. The molecule has 4 atom stereocenters. The van der Waals surface area contributed by atoms with Crippen molar-refractivity contribution >= 4 is 27.5 Å². The predicted octanol–water partition coefficient (Wildman–Crippen LogP) is 4.42. The van der Waals surface area contributed by atoms with Gasteiger partial charge in [-0.1, -0.05) is 25.1 Å². The maximum atomic E-state index is 16.3. The van der Waals surface area contributed by atoms with Crippen molar-refractivity contribution < 1.29 is 36.3 Å². The molecule has 55 heavy (non-hydrogen) atoms. The minimum Gasteiger partial charge on any atom is -0.453 e. The monoisotopic (exact) mass is 783 g/mol. The molecule has 4 heterocycles. The molecule has 11 nitrogen and oxygen atoms in total. The van der Waals surface area contributed by atoms with Crippen LogP contribution in [0.3, 0.4) is 0 Å². The van der Waals surface area contributed by atoms with Crippen LogP contribution in [0.4, 0.5) is 19.3 Å². The lowest BCUT2D eigenvalue weighted by atomic mass is 9.57. The molecular weight excluding hydrogens is 729 g/mol. The highest BCUT2D eigenvalue weighted by molar-refractivity contribution is 7.92. The number of hydrogen-bond acceptors (Lipinski definition) is 9. The van der Waals surface area contributed by atoms with Crippen LogP contribution in [0.5, 0.6) is 0 Å². The molecule has 1 aliphatic carbocycles. The molecule has 0 radical (unpaired) electrons. The normalized spacial score (nSPS) is 26.3. The van der Waals surface area contributed by atoms with Crippen LogP contribution in [-0.2, 0) is 29.5 Å². The van der Waals surface area contributed by atoms with Gasteiger partial charge in [0, 0.05) is 43.3 Å². The fraction of sp³-hybridized carbons (Fsp3) is 0.610. The second-order valence-corrected chi connectivity index (χ2v) is 18.5. The number of nitrogens with one attached hydrogen (secondary N) is 1. The van der Waals surface area contributed by atoms with Gasteiger partial charge in [0.2, 0.25) is 5.91 Å². The summed E-state index contributed by atoms with van der Waals surface area (Å²) in [6.45, 7) is 9.08. The summed E-state index contributed by atoms with van der Waals surface area (Å²) >= 11 is 0.